The van der Waals surface area contributed by atoms with Gasteiger partial charge in [-0.15, -0.1) is 11.6 Å². The number of sulfonamides is 1. The molecule has 7 heteroatoms. The van der Waals surface area contributed by atoms with Crippen LogP contribution in [0.4, 0.5) is 0 Å². The zero-order valence-electron chi connectivity index (χ0n) is 11.0. The summed E-state index contributed by atoms with van der Waals surface area (Å²) in [6.45, 7) is 2.40. The van der Waals surface area contributed by atoms with E-state index < -0.39 is 10.0 Å². The van der Waals surface area contributed by atoms with E-state index in [-0.39, 0.29) is 10.4 Å². The first-order valence-electron chi connectivity index (χ1n) is 6.69. The van der Waals surface area contributed by atoms with Crippen LogP contribution in [-0.4, -0.2) is 30.3 Å². The molecule has 0 aromatic carbocycles. The van der Waals surface area contributed by atoms with Crippen LogP contribution in [0.1, 0.15) is 38.4 Å². The lowest BCUT2D eigenvalue weighted by Gasteiger charge is -2.24. The Morgan fingerprint density at radius 1 is 1.42 bits per heavy atom. The molecule has 0 bridgehead atoms. The maximum Gasteiger partial charge on any atom is 0.257 e. The van der Waals surface area contributed by atoms with E-state index in [1.807, 2.05) is 6.92 Å². The molecule has 108 valence electrons. The minimum Gasteiger partial charge on any atom is -0.332 e. The number of nitrogens with one attached hydrogen (secondary N) is 2. The Morgan fingerprint density at radius 3 is 2.68 bits per heavy atom. The third-order valence-corrected chi connectivity index (χ3v) is 5.34. The Bertz CT molecular complexity index is 507. The number of aryl methyl sites for hydroxylation is 1. The fourth-order valence-electron chi connectivity index (χ4n) is 2.29. The zero-order valence-corrected chi connectivity index (χ0v) is 12.6. The van der Waals surface area contributed by atoms with Gasteiger partial charge in [-0.2, -0.15) is 0 Å². The highest BCUT2D eigenvalue weighted by Crippen LogP contribution is 2.27. The molecule has 0 radical (unpaired) electrons. The maximum absolute atomic E-state index is 12.1. The van der Waals surface area contributed by atoms with Crippen LogP contribution in [0.2, 0.25) is 0 Å². The number of hydrogen-bond acceptors (Lipinski definition) is 3. The van der Waals surface area contributed by atoms with E-state index in [0.717, 1.165) is 25.7 Å². The third-order valence-electron chi connectivity index (χ3n) is 3.57. The van der Waals surface area contributed by atoms with Gasteiger partial charge in [0.25, 0.3) is 10.0 Å². The van der Waals surface area contributed by atoms with Crippen molar-refractivity contribution >= 4 is 21.6 Å². The quantitative estimate of drug-likeness (QED) is 0.818. The van der Waals surface area contributed by atoms with Gasteiger partial charge in [0.2, 0.25) is 0 Å². The molecular formula is C12H20ClN3O2S. The molecule has 0 saturated heterocycles. The van der Waals surface area contributed by atoms with Gasteiger partial charge >= 0.3 is 0 Å². The number of nitrogens with zero attached hydrogens (tertiary/aromatic N) is 1. The van der Waals surface area contributed by atoms with Crippen LogP contribution in [-0.2, 0) is 16.4 Å². The van der Waals surface area contributed by atoms with Crippen molar-refractivity contribution in [1.29, 1.82) is 0 Å². The van der Waals surface area contributed by atoms with Crippen LogP contribution >= 0.6 is 11.6 Å². The van der Waals surface area contributed by atoms with Crippen molar-refractivity contribution in [1.82, 2.24) is 14.7 Å². The van der Waals surface area contributed by atoms with Crippen molar-refractivity contribution in [2.75, 3.05) is 6.54 Å². The molecule has 2 rings (SSSR count). The van der Waals surface area contributed by atoms with E-state index in [4.69, 9.17) is 11.6 Å². The molecule has 1 aliphatic rings. The first-order chi connectivity index (χ1) is 9.01. The number of rotatable bonds is 5. The summed E-state index contributed by atoms with van der Waals surface area (Å²) in [5, 5.41) is 0.406. The van der Waals surface area contributed by atoms with Crippen LogP contribution in [0.15, 0.2) is 11.2 Å². The average Bonchev–Trinajstić information content (AvgIpc) is 2.88. The van der Waals surface area contributed by atoms with Crippen molar-refractivity contribution in [3.63, 3.8) is 0 Å². The Balaban J connectivity index is 1.90. The second-order valence-corrected chi connectivity index (χ2v) is 7.37. The molecule has 0 amide bonds. The molecule has 19 heavy (non-hydrogen) atoms. The van der Waals surface area contributed by atoms with Crippen molar-refractivity contribution in [3.8, 4) is 0 Å². The standard InChI is InChI=1S/C12H20ClN3O2S/c1-2-11-14-8-12(16-11)19(17,18)15-7-9-3-5-10(13)6-4-9/h8-10,15H,2-7H2,1H3,(H,14,16). The van der Waals surface area contributed by atoms with Gasteiger partial charge in [0.1, 0.15) is 5.82 Å². The van der Waals surface area contributed by atoms with Crippen molar-refractivity contribution in [3.05, 3.63) is 12.0 Å². The summed E-state index contributed by atoms with van der Waals surface area (Å²) >= 11 is 6.03. The second-order valence-electron chi connectivity index (χ2n) is 5.02. The van der Waals surface area contributed by atoms with Crippen molar-refractivity contribution < 1.29 is 8.42 Å². The number of H-pyrrole nitrogens is 1. The summed E-state index contributed by atoms with van der Waals surface area (Å²) in [6, 6.07) is 0. The Labute approximate surface area is 119 Å². The number of aromatic amines is 1. The Kier molecular flexibility index (Phi) is 4.86. The van der Waals surface area contributed by atoms with E-state index in [1.54, 1.807) is 0 Å². The first-order valence-corrected chi connectivity index (χ1v) is 8.61. The number of aromatic nitrogens is 2. The van der Waals surface area contributed by atoms with Gasteiger partial charge in [-0.25, -0.2) is 18.1 Å². The van der Waals surface area contributed by atoms with E-state index in [9.17, 15) is 8.42 Å². The minimum atomic E-state index is -3.46. The van der Waals surface area contributed by atoms with Crippen LogP contribution in [0.5, 0.6) is 0 Å². The number of hydrogen-bond donors (Lipinski definition) is 2. The van der Waals surface area contributed by atoms with Gasteiger partial charge in [0.05, 0.1) is 6.20 Å². The lowest BCUT2D eigenvalue weighted by atomic mass is 9.89. The fourth-order valence-corrected chi connectivity index (χ4v) is 3.60. The zero-order chi connectivity index (χ0) is 13.9. The number of halogens is 1. The van der Waals surface area contributed by atoms with Gasteiger partial charge in [-0.05, 0) is 31.6 Å². The summed E-state index contributed by atoms with van der Waals surface area (Å²) in [4.78, 5) is 6.83. The molecule has 1 heterocycles. The highest BCUT2D eigenvalue weighted by atomic mass is 35.5. The molecule has 0 unspecified atom stereocenters. The molecular weight excluding hydrogens is 286 g/mol. The SMILES string of the molecule is CCc1ncc(S(=O)(=O)NCC2CCC(Cl)CC2)[nH]1. The molecule has 1 saturated carbocycles. The van der Waals surface area contributed by atoms with E-state index >= 15 is 0 Å². The average molecular weight is 306 g/mol. The largest absolute Gasteiger partial charge is 0.332 e. The summed E-state index contributed by atoms with van der Waals surface area (Å²) in [5.41, 5.74) is 0. The lowest BCUT2D eigenvalue weighted by Crippen LogP contribution is -2.31. The maximum atomic E-state index is 12.1. The van der Waals surface area contributed by atoms with E-state index in [2.05, 4.69) is 14.7 Å². The Hall–Kier alpha value is -0.590. The topological polar surface area (TPSA) is 74.8 Å². The normalized spacial score (nSPS) is 24.5. The van der Waals surface area contributed by atoms with Gasteiger partial charge in [-0.1, -0.05) is 6.92 Å². The lowest BCUT2D eigenvalue weighted by molar-refractivity contribution is 0.361. The van der Waals surface area contributed by atoms with E-state index in [1.165, 1.54) is 6.20 Å². The summed E-state index contributed by atoms with van der Waals surface area (Å²) in [6.07, 6.45) is 5.97. The van der Waals surface area contributed by atoms with Gasteiger partial charge in [0, 0.05) is 18.3 Å². The van der Waals surface area contributed by atoms with Crippen LogP contribution in [0.25, 0.3) is 0 Å². The Morgan fingerprint density at radius 2 is 2.11 bits per heavy atom. The van der Waals surface area contributed by atoms with Crippen LogP contribution in [0, 0.1) is 5.92 Å². The van der Waals surface area contributed by atoms with Crippen LogP contribution in [0.3, 0.4) is 0 Å². The molecule has 2 N–H and O–H groups in total. The number of alkyl halides is 1. The predicted molar refractivity (Wildman–Crippen MR) is 74.8 cm³/mol. The number of imidazole rings is 1. The minimum absolute atomic E-state index is 0.148. The second kappa shape index (κ2) is 6.24. The first kappa shape index (κ1) is 14.8. The molecule has 1 fully saturated rings. The molecule has 5 nitrogen and oxygen atoms in total. The molecule has 0 aliphatic heterocycles. The van der Waals surface area contributed by atoms with Crippen molar-refractivity contribution in [2.24, 2.45) is 5.92 Å². The summed E-state index contributed by atoms with van der Waals surface area (Å²) in [7, 11) is -3.46. The molecule has 1 aromatic rings. The van der Waals surface area contributed by atoms with Crippen molar-refractivity contribution in [2.45, 2.75) is 49.4 Å². The molecule has 1 aliphatic carbocycles. The summed E-state index contributed by atoms with van der Waals surface area (Å²) in [5.74, 6) is 1.07. The van der Waals surface area contributed by atoms with Crippen LogP contribution < -0.4 is 4.72 Å². The molecule has 0 atom stereocenters. The summed E-state index contributed by atoms with van der Waals surface area (Å²) < 4.78 is 26.8. The van der Waals surface area contributed by atoms with Gasteiger partial charge < -0.3 is 4.98 Å². The molecule has 0 spiro atoms. The third kappa shape index (κ3) is 3.94. The predicted octanol–water partition coefficient (Wildman–Crippen LogP) is 2.05. The fraction of sp³-hybridized carbons (Fsp3) is 0.750. The van der Waals surface area contributed by atoms with E-state index in [0.29, 0.717) is 24.7 Å². The van der Waals surface area contributed by atoms with Gasteiger partial charge in [-0.3, -0.25) is 0 Å². The highest BCUT2D eigenvalue weighted by Gasteiger charge is 2.23. The monoisotopic (exact) mass is 305 g/mol. The molecule has 1 aromatic heterocycles. The van der Waals surface area contributed by atoms with Gasteiger partial charge in [0.15, 0.2) is 5.03 Å². The highest BCUT2D eigenvalue weighted by molar-refractivity contribution is 7.89. The smallest absolute Gasteiger partial charge is 0.257 e.